The molecule has 0 unspecified atom stereocenters. The number of carbonyl (C=O) groups is 1. The number of aromatic nitrogens is 1. The maximum Gasteiger partial charge on any atom is 0.260 e. The van der Waals surface area contributed by atoms with E-state index >= 15 is 0 Å². The van der Waals surface area contributed by atoms with Gasteiger partial charge in [0.25, 0.3) is 5.91 Å². The highest BCUT2D eigenvalue weighted by atomic mass is 32.1. The molecule has 26 heavy (non-hydrogen) atoms. The molecule has 0 saturated carbocycles. The molecule has 2 aromatic carbocycles. The third-order valence-corrected chi connectivity index (χ3v) is 5.28. The van der Waals surface area contributed by atoms with Crippen molar-refractivity contribution in [3.8, 4) is 0 Å². The highest BCUT2D eigenvalue weighted by molar-refractivity contribution is 7.22. The predicted octanol–water partition coefficient (Wildman–Crippen LogP) is 5.30. The minimum absolute atomic E-state index is 0.0863. The Morgan fingerprint density at radius 1 is 1.12 bits per heavy atom. The Kier molecular flexibility index (Phi) is 4.54. The molecule has 130 valence electrons. The fourth-order valence-electron chi connectivity index (χ4n) is 2.81. The molecule has 0 spiro atoms. The van der Waals surface area contributed by atoms with Crippen molar-refractivity contribution in [2.45, 2.75) is 19.9 Å². The monoisotopic (exact) mass is 362 g/mol. The van der Waals surface area contributed by atoms with E-state index in [-0.39, 0.29) is 5.91 Å². The Hall–Kier alpha value is -2.92. The maximum atomic E-state index is 13.1. The second-order valence-corrected chi connectivity index (χ2v) is 7.00. The standard InChI is InChI=1S/C21H18N2O2S/c1-2-15-10-11-18-19(13-15)26-21(22-18)23(14-17-9-6-12-25-17)20(24)16-7-4-3-5-8-16/h3-13H,2,14H2,1H3. The maximum absolute atomic E-state index is 13.1. The Bertz CT molecular complexity index is 1020. The number of aryl methyl sites for hydroxylation is 1. The Morgan fingerprint density at radius 2 is 1.96 bits per heavy atom. The van der Waals surface area contributed by atoms with Crippen LogP contribution in [0.5, 0.6) is 0 Å². The van der Waals surface area contributed by atoms with E-state index in [9.17, 15) is 4.79 Å². The number of hydrogen-bond acceptors (Lipinski definition) is 4. The Labute approximate surface area is 155 Å². The number of furan rings is 1. The molecule has 2 aromatic heterocycles. The van der Waals surface area contributed by atoms with Gasteiger partial charge in [0.1, 0.15) is 5.76 Å². The van der Waals surface area contributed by atoms with Gasteiger partial charge in [-0.3, -0.25) is 9.69 Å². The number of benzene rings is 2. The summed E-state index contributed by atoms with van der Waals surface area (Å²) < 4.78 is 6.55. The van der Waals surface area contributed by atoms with Crippen LogP contribution in [-0.4, -0.2) is 10.9 Å². The summed E-state index contributed by atoms with van der Waals surface area (Å²) in [7, 11) is 0. The summed E-state index contributed by atoms with van der Waals surface area (Å²) in [5.41, 5.74) is 2.81. The molecule has 0 aliphatic heterocycles. The Balaban J connectivity index is 1.75. The minimum Gasteiger partial charge on any atom is -0.467 e. The summed E-state index contributed by atoms with van der Waals surface area (Å²) >= 11 is 1.53. The van der Waals surface area contributed by atoms with Crippen molar-refractivity contribution in [1.82, 2.24) is 4.98 Å². The minimum atomic E-state index is -0.0863. The zero-order chi connectivity index (χ0) is 17.9. The fourth-order valence-corrected chi connectivity index (χ4v) is 3.84. The molecule has 0 radical (unpaired) electrons. The van der Waals surface area contributed by atoms with Crippen molar-refractivity contribution in [3.05, 3.63) is 83.8 Å². The average Bonchev–Trinajstić information content (AvgIpc) is 3.34. The first-order chi connectivity index (χ1) is 12.7. The quantitative estimate of drug-likeness (QED) is 0.484. The van der Waals surface area contributed by atoms with Gasteiger partial charge in [-0.25, -0.2) is 4.98 Å². The SMILES string of the molecule is CCc1ccc2nc(N(Cc3ccco3)C(=O)c3ccccc3)sc2c1. The van der Waals surface area contributed by atoms with Crippen LogP contribution in [0.15, 0.2) is 71.3 Å². The van der Waals surface area contributed by atoms with Crippen LogP contribution in [0.2, 0.25) is 0 Å². The summed E-state index contributed by atoms with van der Waals surface area (Å²) in [5, 5.41) is 0.679. The molecule has 0 bridgehead atoms. The van der Waals surface area contributed by atoms with Crippen LogP contribution in [0, 0.1) is 0 Å². The van der Waals surface area contributed by atoms with Crippen LogP contribution in [0.25, 0.3) is 10.2 Å². The number of hydrogen-bond donors (Lipinski definition) is 0. The largest absolute Gasteiger partial charge is 0.467 e. The van der Waals surface area contributed by atoms with Gasteiger partial charge in [0.05, 0.1) is 23.0 Å². The summed E-state index contributed by atoms with van der Waals surface area (Å²) in [6.07, 6.45) is 2.59. The van der Waals surface area contributed by atoms with Crippen molar-refractivity contribution >= 4 is 32.6 Å². The van der Waals surface area contributed by atoms with E-state index in [4.69, 9.17) is 9.40 Å². The Morgan fingerprint density at radius 3 is 2.69 bits per heavy atom. The van der Waals surface area contributed by atoms with Gasteiger partial charge in [0.2, 0.25) is 0 Å². The summed E-state index contributed by atoms with van der Waals surface area (Å²) in [6.45, 7) is 2.48. The van der Waals surface area contributed by atoms with Gasteiger partial charge in [0.15, 0.2) is 5.13 Å². The van der Waals surface area contributed by atoms with Gasteiger partial charge in [-0.2, -0.15) is 0 Å². The lowest BCUT2D eigenvalue weighted by Gasteiger charge is -2.18. The lowest BCUT2D eigenvalue weighted by atomic mass is 10.2. The van der Waals surface area contributed by atoms with Gasteiger partial charge in [-0.05, 0) is 48.4 Å². The summed E-state index contributed by atoms with van der Waals surface area (Å²) in [4.78, 5) is 19.5. The van der Waals surface area contributed by atoms with E-state index < -0.39 is 0 Å². The van der Waals surface area contributed by atoms with Crippen LogP contribution < -0.4 is 4.90 Å². The van der Waals surface area contributed by atoms with E-state index in [0.29, 0.717) is 17.2 Å². The number of carbonyl (C=O) groups excluding carboxylic acids is 1. The van der Waals surface area contributed by atoms with E-state index in [0.717, 1.165) is 22.4 Å². The van der Waals surface area contributed by atoms with E-state index in [1.807, 2.05) is 48.5 Å². The molecule has 4 nitrogen and oxygen atoms in total. The molecule has 0 aliphatic carbocycles. The highest BCUT2D eigenvalue weighted by Crippen LogP contribution is 2.31. The number of rotatable bonds is 5. The summed E-state index contributed by atoms with van der Waals surface area (Å²) in [5.74, 6) is 0.638. The molecule has 0 fully saturated rings. The van der Waals surface area contributed by atoms with Gasteiger partial charge in [0, 0.05) is 5.56 Å². The zero-order valence-corrected chi connectivity index (χ0v) is 15.2. The second-order valence-electron chi connectivity index (χ2n) is 5.99. The van der Waals surface area contributed by atoms with Crippen LogP contribution in [0.4, 0.5) is 5.13 Å². The van der Waals surface area contributed by atoms with Gasteiger partial charge in [-0.1, -0.05) is 42.5 Å². The first-order valence-electron chi connectivity index (χ1n) is 8.53. The molecule has 0 N–H and O–H groups in total. The van der Waals surface area contributed by atoms with Crippen LogP contribution >= 0.6 is 11.3 Å². The molecule has 1 amide bonds. The molecular formula is C21H18N2O2S. The van der Waals surface area contributed by atoms with Crippen molar-refractivity contribution in [3.63, 3.8) is 0 Å². The van der Waals surface area contributed by atoms with Gasteiger partial charge in [-0.15, -0.1) is 0 Å². The zero-order valence-electron chi connectivity index (χ0n) is 14.4. The molecule has 5 heteroatoms. The van der Waals surface area contributed by atoms with Crippen molar-refractivity contribution in [1.29, 1.82) is 0 Å². The molecule has 4 aromatic rings. The van der Waals surface area contributed by atoms with Gasteiger partial charge < -0.3 is 4.42 Å². The topological polar surface area (TPSA) is 46.3 Å². The van der Waals surface area contributed by atoms with E-state index in [1.165, 1.54) is 16.9 Å². The van der Waals surface area contributed by atoms with E-state index in [1.54, 1.807) is 11.2 Å². The predicted molar refractivity (Wildman–Crippen MR) is 105 cm³/mol. The van der Waals surface area contributed by atoms with E-state index in [2.05, 4.69) is 19.1 Å². The van der Waals surface area contributed by atoms with Gasteiger partial charge >= 0.3 is 0 Å². The third kappa shape index (κ3) is 3.26. The molecule has 2 heterocycles. The number of amides is 1. The first kappa shape index (κ1) is 16.5. The highest BCUT2D eigenvalue weighted by Gasteiger charge is 2.22. The molecule has 0 aliphatic rings. The number of thiazole rings is 1. The van der Waals surface area contributed by atoms with Crippen LogP contribution in [-0.2, 0) is 13.0 Å². The lowest BCUT2D eigenvalue weighted by molar-refractivity contribution is 0.0983. The molecule has 0 atom stereocenters. The van der Waals surface area contributed by atoms with Crippen molar-refractivity contribution in [2.75, 3.05) is 4.90 Å². The first-order valence-corrected chi connectivity index (χ1v) is 9.35. The molecule has 0 saturated heterocycles. The second kappa shape index (κ2) is 7.14. The number of anilines is 1. The number of fused-ring (bicyclic) bond motifs is 1. The third-order valence-electron chi connectivity index (χ3n) is 4.24. The normalized spacial score (nSPS) is 11.0. The van der Waals surface area contributed by atoms with Crippen molar-refractivity contribution in [2.24, 2.45) is 0 Å². The van der Waals surface area contributed by atoms with Crippen LogP contribution in [0.1, 0.15) is 28.6 Å². The molecular weight excluding hydrogens is 344 g/mol. The summed E-state index contributed by atoms with van der Waals surface area (Å²) in [6, 6.07) is 19.2. The fraction of sp³-hybridized carbons (Fsp3) is 0.143. The molecule has 4 rings (SSSR count). The average molecular weight is 362 g/mol. The van der Waals surface area contributed by atoms with Crippen LogP contribution in [0.3, 0.4) is 0 Å². The smallest absolute Gasteiger partial charge is 0.260 e. The van der Waals surface area contributed by atoms with Crippen molar-refractivity contribution < 1.29 is 9.21 Å². The number of nitrogens with zero attached hydrogens (tertiary/aromatic N) is 2. The lowest BCUT2D eigenvalue weighted by Crippen LogP contribution is -2.30.